The summed E-state index contributed by atoms with van der Waals surface area (Å²) in [7, 11) is 0. The third kappa shape index (κ3) is 3.48. The number of rotatable bonds is 5. The average molecular weight is 373 g/mol. The number of para-hydroxylation sites is 1. The first-order valence-electron chi connectivity index (χ1n) is 8.61. The lowest BCUT2D eigenvalue weighted by atomic mass is 10.1. The van der Waals surface area contributed by atoms with Crippen LogP contribution in [0.15, 0.2) is 78.9 Å². The number of carbonyl (C=O) groups excluding carboxylic acids is 3. The first-order valence-corrected chi connectivity index (χ1v) is 8.61. The highest BCUT2D eigenvalue weighted by Gasteiger charge is 2.36. The first-order chi connectivity index (χ1) is 13.6. The van der Waals surface area contributed by atoms with E-state index in [1.807, 2.05) is 30.3 Å². The van der Waals surface area contributed by atoms with E-state index in [1.54, 1.807) is 48.5 Å². The maximum Gasteiger partial charge on any atom is 0.331 e. The van der Waals surface area contributed by atoms with Gasteiger partial charge in [0.1, 0.15) is 23.8 Å². The Kier molecular flexibility index (Phi) is 4.60. The van der Waals surface area contributed by atoms with Gasteiger partial charge in [0, 0.05) is 0 Å². The molecule has 0 unspecified atom stereocenters. The van der Waals surface area contributed by atoms with E-state index in [0.29, 0.717) is 28.4 Å². The van der Waals surface area contributed by atoms with E-state index < -0.39 is 24.3 Å². The van der Waals surface area contributed by atoms with E-state index in [1.165, 1.54) is 0 Å². The quantitative estimate of drug-likeness (QED) is 0.388. The molecule has 0 saturated heterocycles. The Hall–Kier alpha value is -3.93. The van der Waals surface area contributed by atoms with Crippen molar-refractivity contribution in [2.45, 2.75) is 0 Å². The van der Waals surface area contributed by atoms with Crippen molar-refractivity contribution in [3.05, 3.63) is 90.0 Å². The number of fused-ring (bicyclic) bond motifs is 1. The molecule has 6 nitrogen and oxygen atoms in total. The minimum Gasteiger partial charge on any atom is -0.457 e. The topological polar surface area (TPSA) is 72.9 Å². The molecule has 0 fully saturated rings. The SMILES string of the molecule is O=C(CN1C(=O)c2ccccc2C1=O)Oc1ccc(Oc2ccccc2)cc1. The monoisotopic (exact) mass is 373 g/mol. The molecule has 6 heteroatoms. The molecule has 138 valence electrons. The second-order valence-electron chi connectivity index (χ2n) is 6.10. The Morgan fingerprint density at radius 1 is 0.679 bits per heavy atom. The van der Waals surface area contributed by atoms with Gasteiger partial charge in [0.2, 0.25) is 0 Å². The van der Waals surface area contributed by atoms with Gasteiger partial charge in [-0.2, -0.15) is 0 Å². The van der Waals surface area contributed by atoms with Gasteiger partial charge in [-0.25, -0.2) is 4.79 Å². The predicted octanol–water partition coefficient (Wildman–Crippen LogP) is 3.68. The molecule has 0 radical (unpaired) electrons. The lowest BCUT2D eigenvalue weighted by molar-refractivity contribution is -0.134. The second kappa shape index (κ2) is 7.36. The van der Waals surface area contributed by atoms with Gasteiger partial charge in [-0.15, -0.1) is 0 Å². The van der Waals surface area contributed by atoms with Gasteiger partial charge < -0.3 is 9.47 Å². The fourth-order valence-electron chi connectivity index (χ4n) is 2.88. The van der Waals surface area contributed by atoms with Gasteiger partial charge in [0.05, 0.1) is 11.1 Å². The van der Waals surface area contributed by atoms with Crippen molar-refractivity contribution < 1.29 is 23.9 Å². The lowest BCUT2D eigenvalue weighted by Crippen LogP contribution is -2.36. The number of benzene rings is 3. The third-order valence-corrected chi connectivity index (χ3v) is 4.20. The smallest absolute Gasteiger partial charge is 0.331 e. The summed E-state index contributed by atoms with van der Waals surface area (Å²) in [4.78, 5) is 37.7. The van der Waals surface area contributed by atoms with Gasteiger partial charge in [-0.3, -0.25) is 14.5 Å². The van der Waals surface area contributed by atoms with Crippen LogP contribution in [0.1, 0.15) is 20.7 Å². The van der Waals surface area contributed by atoms with Gasteiger partial charge in [0.15, 0.2) is 0 Å². The minimum absolute atomic E-state index is 0.294. The summed E-state index contributed by atoms with van der Waals surface area (Å²) in [6, 6.07) is 22.2. The maximum atomic E-state index is 12.3. The van der Waals surface area contributed by atoms with E-state index in [2.05, 4.69) is 0 Å². The fourth-order valence-corrected chi connectivity index (χ4v) is 2.88. The van der Waals surface area contributed by atoms with Crippen molar-refractivity contribution in [2.75, 3.05) is 6.54 Å². The number of hydrogen-bond donors (Lipinski definition) is 0. The standard InChI is InChI=1S/C22H15NO5/c24-20(14-23-21(25)18-8-4-5-9-19(18)22(23)26)28-17-12-10-16(11-13-17)27-15-6-2-1-3-7-15/h1-13H,14H2. The number of esters is 1. The Morgan fingerprint density at radius 3 is 1.79 bits per heavy atom. The Labute approximate surface area is 160 Å². The molecule has 4 rings (SSSR count). The van der Waals surface area contributed by atoms with Crippen LogP contribution in [-0.4, -0.2) is 29.2 Å². The molecule has 28 heavy (non-hydrogen) atoms. The van der Waals surface area contributed by atoms with Crippen LogP contribution < -0.4 is 9.47 Å². The summed E-state index contributed by atoms with van der Waals surface area (Å²) < 4.78 is 10.9. The fraction of sp³-hybridized carbons (Fsp3) is 0.0455. The Bertz CT molecular complexity index is 1010. The molecule has 1 aliphatic rings. The normalized spacial score (nSPS) is 12.6. The summed E-state index contributed by atoms with van der Waals surface area (Å²) in [5.74, 6) is -0.120. The number of amides is 2. The Morgan fingerprint density at radius 2 is 1.18 bits per heavy atom. The van der Waals surface area contributed by atoms with Crippen molar-refractivity contribution in [1.29, 1.82) is 0 Å². The largest absolute Gasteiger partial charge is 0.457 e. The third-order valence-electron chi connectivity index (χ3n) is 4.20. The molecule has 0 N–H and O–H groups in total. The van der Waals surface area contributed by atoms with Crippen LogP contribution in [-0.2, 0) is 4.79 Å². The number of imide groups is 1. The zero-order valence-corrected chi connectivity index (χ0v) is 14.7. The summed E-state index contributed by atoms with van der Waals surface area (Å²) in [6.07, 6.45) is 0. The Balaban J connectivity index is 1.38. The molecular weight excluding hydrogens is 358 g/mol. The minimum atomic E-state index is -0.703. The van der Waals surface area contributed by atoms with E-state index in [9.17, 15) is 14.4 Å². The molecular formula is C22H15NO5. The predicted molar refractivity (Wildman–Crippen MR) is 100 cm³/mol. The van der Waals surface area contributed by atoms with Crippen LogP contribution in [0.5, 0.6) is 17.2 Å². The molecule has 1 aliphatic heterocycles. The van der Waals surface area contributed by atoms with Crippen molar-refractivity contribution in [3.63, 3.8) is 0 Å². The number of carbonyl (C=O) groups is 3. The molecule has 0 saturated carbocycles. The molecule has 1 heterocycles. The van der Waals surface area contributed by atoms with Gasteiger partial charge in [-0.05, 0) is 48.5 Å². The maximum absolute atomic E-state index is 12.3. The van der Waals surface area contributed by atoms with Crippen LogP contribution in [0.2, 0.25) is 0 Å². The van der Waals surface area contributed by atoms with Crippen LogP contribution in [0, 0.1) is 0 Å². The molecule has 3 aromatic rings. The number of ether oxygens (including phenoxy) is 2. The van der Waals surface area contributed by atoms with Crippen LogP contribution >= 0.6 is 0 Å². The molecule has 2 amide bonds. The summed E-state index contributed by atoms with van der Waals surface area (Å²) in [6.45, 7) is -0.450. The first kappa shape index (κ1) is 17.5. The van der Waals surface area contributed by atoms with E-state index in [-0.39, 0.29) is 0 Å². The molecule has 0 aliphatic carbocycles. The number of nitrogens with zero attached hydrogens (tertiary/aromatic N) is 1. The highest BCUT2D eigenvalue weighted by Crippen LogP contribution is 2.25. The van der Waals surface area contributed by atoms with Crippen molar-refractivity contribution in [3.8, 4) is 17.2 Å². The van der Waals surface area contributed by atoms with Gasteiger partial charge >= 0.3 is 5.97 Å². The van der Waals surface area contributed by atoms with E-state index in [0.717, 1.165) is 4.90 Å². The van der Waals surface area contributed by atoms with Crippen molar-refractivity contribution in [1.82, 2.24) is 4.90 Å². The van der Waals surface area contributed by atoms with E-state index >= 15 is 0 Å². The zero-order chi connectivity index (χ0) is 19.5. The van der Waals surface area contributed by atoms with Gasteiger partial charge in [0.25, 0.3) is 11.8 Å². The van der Waals surface area contributed by atoms with Gasteiger partial charge in [-0.1, -0.05) is 30.3 Å². The van der Waals surface area contributed by atoms with Crippen molar-refractivity contribution in [2.24, 2.45) is 0 Å². The van der Waals surface area contributed by atoms with E-state index in [4.69, 9.17) is 9.47 Å². The molecule has 0 aromatic heterocycles. The zero-order valence-electron chi connectivity index (χ0n) is 14.7. The highest BCUT2D eigenvalue weighted by molar-refractivity contribution is 6.22. The highest BCUT2D eigenvalue weighted by atomic mass is 16.5. The summed E-state index contributed by atoms with van der Waals surface area (Å²) >= 11 is 0. The van der Waals surface area contributed by atoms with Crippen molar-refractivity contribution >= 4 is 17.8 Å². The number of hydrogen-bond acceptors (Lipinski definition) is 5. The lowest BCUT2D eigenvalue weighted by Gasteiger charge is -2.13. The second-order valence-corrected chi connectivity index (χ2v) is 6.10. The summed E-state index contributed by atoms with van der Waals surface area (Å²) in [5.41, 5.74) is 0.588. The van der Waals surface area contributed by atoms with Crippen LogP contribution in [0.3, 0.4) is 0 Å². The van der Waals surface area contributed by atoms with Crippen LogP contribution in [0.4, 0.5) is 0 Å². The molecule has 0 atom stereocenters. The van der Waals surface area contributed by atoms with Crippen LogP contribution in [0.25, 0.3) is 0 Å². The molecule has 0 spiro atoms. The average Bonchev–Trinajstić information content (AvgIpc) is 2.95. The molecule has 3 aromatic carbocycles. The summed E-state index contributed by atoms with van der Waals surface area (Å²) in [5, 5.41) is 0. The molecule has 0 bridgehead atoms.